The molecule has 0 spiro atoms. The van der Waals surface area contributed by atoms with Gasteiger partial charge in [0, 0.05) is 11.1 Å². The van der Waals surface area contributed by atoms with Crippen molar-refractivity contribution < 1.29 is 4.79 Å². The molecule has 88 valence electrons. The largest absolute Gasteiger partial charge is 0.324 e. The van der Waals surface area contributed by atoms with Gasteiger partial charge >= 0.3 is 0 Å². The van der Waals surface area contributed by atoms with Crippen LogP contribution in [0.1, 0.15) is 39.8 Å². The molecule has 3 nitrogen and oxygen atoms in total. The quantitative estimate of drug-likeness (QED) is 0.850. The van der Waals surface area contributed by atoms with Crippen molar-refractivity contribution in [1.82, 2.24) is 4.98 Å². The summed E-state index contributed by atoms with van der Waals surface area (Å²) in [4.78, 5) is 16.0. The van der Waals surface area contributed by atoms with Gasteiger partial charge in [-0.2, -0.15) is 0 Å². The second-order valence-electron chi connectivity index (χ2n) is 4.99. The van der Waals surface area contributed by atoms with Crippen LogP contribution < -0.4 is 5.32 Å². The van der Waals surface area contributed by atoms with Gasteiger partial charge < -0.3 is 5.32 Å². The maximum absolute atomic E-state index is 11.7. The van der Waals surface area contributed by atoms with Gasteiger partial charge in [0.1, 0.15) is 0 Å². The van der Waals surface area contributed by atoms with Crippen molar-refractivity contribution in [3.8, 4) is 0 Å². The van der Waals surface area contributed by atoms with E-state index in [1.54, 1.807) is 6.20 Å². The van der Waals surface area contributed by atoms with E-state index in [-0.39, 0.29) is 11.3 Å². The fourth-order valence-electron chi connectivity index (χ4n) is 1.22. The van der Waals surface area contributed by atoms with E-state index in [1.165, 1.54) is 0 Å². The minimum atomic E-state index is -0.373. The topological polar surface area (TPSA) is 42.0 Å². The molecule has 1 rings (SSSR count). The van der Waals surface area contributed by atoms with E-state index in [1.807, 2.05) is 32.9 Å². The zero-order valence-electron chi connectivity index (χ0n) is 10.5. The van der Waals surface area contributed by atoms with Gasteiger partial charge in [0.15, 0.2) is 0 Å². The van der Waals surface area contributed by atoms with Crippen LogP contribution in [0.5, 0.6) is 0 Å². The van der Waals surface area contributed by atoms with Crippen LogP contribution in [0.15, 0.2) is 18.3 Å². The second-order valence-corrected chi connectivity index (χ2v) is 4.99. The molecule has 0 bridgehead atoms. The highest BCUT2D eigenvalue weighted by Gasteiger charge is 2.21. The van der Waals surface area contributed by atoms with Crippen LogP contribution in [-0.2, 0) is 11.2 Å². The third-order valence-electron chi connectivity index (χ3n) is 2.27. The Kier molecular flexibility index (Phi) is 4.05. The molecule has 0 aromatic carbocycles. The molecule has 3 heteroatoms. The molecule has 0 radical (unpaired) electrons. The summed E-state index contributed by atoms with van der Waals surface area (Å²) < 4.78 is 0. The van der Waals surface area contributed by atoms with Gasteiger partial charge in [0.25, 0.3) is 0 Å². The molecule has 0 aliphatic rings. The number of aromatic nitrogens is 1. The SMILES string of the molecule is CCCc1ccc(NC(=O)C(C)(C)C)cn1. The molecule has 0 aliphatic heterocycles. The lowest BCUT2D eigenvalue weighted by Crippen LogP contribution is -2.27. The lowest BCUT2D eigenvalue weighted by atomic mass is 9.95. The summed E-state index contributed by atoms with van der Waals surface area (Å²) in [6, 6.07) is 3.86. The van der Waals surface area contributed by atoms with Crippen molar-refractivity contribution in [2.75, 3.05) is 5.32 Å². The molecule has 0 unspecified atom stereocenters. The summed E-state index contributed by atoms with van der Waals surface area (Å²) in [6.45, 7) is 7.79. The van der Waals surface area contributed by atoms with Crippen LogP contribution >= 0.6 is 0 Å². The van der Waals surface area contributed by atoms with Gasteiger partial charge in [-0.25, -0.2) is 0 Å². The minimum Gasteiger partial charge on any atom is -0.324 e. The van der Waals surface area contributed by atoms with Gasteiger partial charge in [-0.1, -0.05) is 34.1 Å². The fraction of sp³-hybridized carbons (Fsp3) is 0.538. The molecule has 0 atom stereocenters. The monoisotopic (exact) mass is 220 g/mol. The number of pyridine rings is 1. The molecule has 1 heterocycles. The van der Waals surface area contributed by atoms with Gasteiger partial charge in [-0.15, -0.1) is 0 Å². The Balaban J connectivity index is 2.65. The first-order valence-corrected chi connectivity index (χ1v) is 5.70. The lowest BCUT2D eigenvalue weighted by Gasteiger charge is -2.17. The van der Waals surface area contributed by atoms with Crippen LogP contribution in [0, 0.1) is 5.41 Å². The number of rotatable bonds is 3. The third-order valence-corrected chi connectivity index (χ3v) is 2.27. The van der Waals surface area contributed by atoms with Crippen LogP contribution in [0.3, 0.4) is 0 Å². The van der Waals surface area contributed by atoms with Crippen molar-refractivity contribution in [3.05, 3.63) is 24.0 Å². The predicted molar refractivity (Wildman–Crippen MR) is 66.3 cm³/mol. The smallest absolute Gasteiger partial charge is 0.229 e. The Morgan fingerprint density at radius 3 is 2.50 bits per heavy atom. The highest BCUT2D eigenvalue weighted by molar-refractivity contribution is 5.94. The standard InChI is InChI=1S/C13H20N2O/c1-5-6-10-7-8-11(9-14-10)15-12(16)13(2,3)4/h7-9H,5-6H2,1-4H3,(H,15,16). The fourth-order valence-corrected chi connectivity index (χ4v) is 1.22. The van der Waals surface area contributed by atoms with Crippen molar-refractivity contribution in [3.63, 3.8) is 0 Å². The molecule has 1 N–H and O–H groups in total. The molecule has 0 fully saturated rings. The summed E-state index contributed by atoms with van der Waals surface area (Å²) in [5.74, 6) is 0.0116. The number of anilines is 1. The van der Waals surface area contributed by atoms with Crippen LogP contribution in [-0.4, -0.2) is 10.9 Å². The molecular weight excluding hydrogens is 200 g/mol. The summed E-state index contributed by atoms with van der Waals surface area (Å²) in [6.07, 6.45) is 3.78. The zero-order chi connectivity index (χ0) is 12.2. The van der Waals surface area contributed by atoms with E-state index < -0.39 is 0 Å². The Morgan fingerprint density at radius 2 is 2.06 bits per heavy atom. The number of nitrogens with zero attached hydrogens (tertiary/aromatic N) is 1. The van der Waals surface area contributed by atoms with E-state index in [4.69, 9.17) is 0 Å². The average molecular weight is 220 g/mol. The lowest BCUT2D eigenvalue weighted by molar-refractivity contribution is -0.123. The Hall–Kier alpha value is -1.38. The van der Waals surface area contributed by atoms with Crippen LogP contribution in [0.4, 0.5) is 5.69 Å². The second kappa shape index (κ2) is 5.10. The van der Waals surface area contributed by atoms with Crippen molar-refractivity contribution in [1.29, 1.82) is 0 Å². The Bertz CT molecular complexity index is 349. The Morgan fingerprint density at radius 1 is 1.38 bits per heavy atom. The molecule has 1 aromatic heterocycles. The van der Waals surface area contributed by atoms with Gasteiger partial charge in [0.05, 0.1) is 11.9 Å². The first kappa shape index (κ1) is 12.7. The van der Waals surface area contributed by atoms with Crippen LogP contribution in [0.25, 0.3) is 0 Å². The molecule has 1 amide bonds. The number of carbonyl (C=O) groups excluding carboxylic acids is 1. The predicted octanol–water partition coefficient (Wildman–Crippen LogP) is 3.02. The van der Waals surface area contributed by atoms with E-state index in [2.05, 4.69) is 17.2 Å². The highest BCUT2D eigenvalue weighted by atomic mass is 16.2. The number of aryl methyl sites for hydroxylation is 1. The maximum Gasteiger partial charge on any atom is 0.229 e. The van der Waals surface area contributed by atoms with Gasteiger partial charge in [-0.05, 0) is 18.6 Å². The van der Waals surface area contributed by atoms with Crippen molar-refractivity contribution in [2.45, 2.75) is 40.5 Å². The van der Waals surface area contributed by atoms with E-state index in [9.17, 15) is 4.79 Å². The Labute approximate surface area is 97.3 Å². The minimum absolute atomic E-state index is 0.0116. The molecule has 0 saturated carbocycles. The van der Waals surface area contributed by atoms with E-state index in [0.717, 1.165) is 24.2 Å². The number of hydrogen-bond acceptors (Lipinski definition) is 2. The van der Waals surface area contributed by atoms with Gasteiger partial charge in [-0.3, -0.25) is 9.78 Å². The van der Waals surface area contributed by atoms with E-state index in [0.29, 0.717) is 0 Å². The summed E-state index contributed by atoms with van der Waals surface area (Å²) in [7, 11) is 0. The van der Waals surface area contributed by atoms with E-state index >= 15 is 0 Å². The number of carbonyl (C=O) groups is 1. The first-order valence-electron chi connectivity index (χ1n) is 5.70. The summed E-state index contributed by atoms with van der Waals surface area (Å²) in [5, 5.41) is 2.85. The van der Waals surface area contributed by atoms with Crippen LogP contribution in [0.2, 0.25) is 0 Å². The summed E-state index contributed by atoms with van der Waals surface area (Å²) in [5.41, 5.74) is 1.46. The normalized spacial score (nSPS) is 11.2. The molecule has 1 aromatic rings. The number of nitrogens with one attached hydrogen (secondary N) is 1. The average Bonchev–Trinajstić information content (AvgIpc) is 2.20. The first-order chi connectivity index (χ1) is 7.43. The third kappa shape index (κ3) is 3.65. The van der Waals surface area contributed by atoms with Crippen molar-refractivity contribution in [2.24, 2.45) is 5.41 Å². The summed E-state index contributed by atoms with van der Waals surface area (Å²) >= 11 is 0. The number of hydrogen-bond donors (Lipinski definition) is 1. The molecule has 0 aliphatic carbocycles. The highest BCUT2D eigenvalue weighted by Crippen LogP contribution is 2.17. The molecule has 16 heavy (non-hydrogen) atoms. The van der Waals surface area contributed by atoms with Crippen molar-refractivity contribution >= 4 is 11.6 Å². The van der Waals surface area contributed by atoms with Gasteiger partial charge in [0.2, 0.25) is 5.91 Å². The molecular formula is C13H20N2O. The maximum atomic E-state index is 11.7. The number of amides is 1. The zero-order valence-corrected chi connectivity index (χ0v) is 10.5. The molecule has 0 saturated heterocycles.